The third kappa shape index (κ3) is 14.4. The van der Waals surface area contributed by atoms with Crippen LogP contribution in [0.3, 0.4) is 0 Å². The van der Waals surface area contributed by atoms with E-state index in [0.717, 1.165) is 18.4 Å². The Morgan fingerprint density at radius 1 is 0.826 bits per heavy atom. The molecule has 256 valence electrons. The minimum atomic E-state index is -2.04. The fourth-order valence-corrected chi connectivity index (χ4v) is 4.61. The van der Waals surface area contributed by atoms with E-state index in [4.69, 9.17) is 11.6 Å². The van der Waals surface area contributed by atoms with E-state index < -0.39 is 42.4 Å². The molecule has 0 saturated carbocycles. The van der Waals surface area contributed by atoms with E-state index in [1.165, 1.54) is 0 Å². The van der Waals surface area contributed by atoms with Crippen LogP contribution in [0.2, 0.25) is 0 Å². The van der Waals surface area contributed by atoms with Crippen LogP contribution in [0.1, 0.15) is 63.4 Å². The first kappa shape index (κ1) is 40.0. The summed E-state index contributed by atoms with van der Waals surface area (Å²) in [6, 6.07) is 7.04. The molecule has 1 atom stereocenters. The molecule has 0 aliphatic heterocycles. The van der Waals surface area contributed by atoms with Gasteiger partial charge in [0.25, 0.3) is 0 Å². The average Bonchev–Trinajstić information content (AvgIpc) is 3.04. The van der Waals surface area contributed by atoms with Crippen LogP contribution in [0.4, 0.5) is 5.69 Å². The largest absolute Gasteiger partial charge is 0.395 e. The van der Waals surface area contributed by atoms with Gasteiger partial charge in [0.1, 0.15) is 0 Å². The predicted octanol–water partition coefficient (Wildman–Crippen LogP) is 0.0669. The molecule has 14 nitrogen and oxygen atoms in total. The maximum absolute atomic E-state index is 12.9. The van der Waals surface area contributed by atoms with Crippen LogP contribution >= 0.6 is 0 Å². The molecule has 0 radical (unpaired) electrons. The minimum Gasteiger partial charge on any atom is -0.395 e. The first-order chi connectivity index (χ1) is 22.0. The SMILES string of the molecule is C#CCNC(=O)C(CO)(CO)C(=O)NCCCC[C@@H](C(=O)NCCc1ccc(NC(=O)CCCCCCC(=O)NO)cc1)N(C)C. The highest BCUT2D eigenvalue weighted by atomic mass is 16.5. The van der Waals surface area contributed by atoms with Gasteiger partial charge in [-0.2, -0.15) is 0 Å². The summed E-state index contributed by atoms with van der Waals surface area (Å²) in [5, 5.41) is 38.5. The fraction of sp³-hybridized carbons (Fsp3) is 0.594. The molecule has 0 fully saturated rings. The van der Waals surface area contributed by atoms with Gasteiger partial charge in [0.15, 0.2) is 5.41 Å². The maximum atomic E-state index is 12.9. The second kappa shape index (κ2) is 22.5. The van der Waals surface area contributed by atoms with E-state index in [9.17, 15) is 34.2 Å². The summed E-state index contributed by atoms with van der Waals surface area (Å²) in [7, 11) is 3.62. The van der Waals surface area contributed by atoms with Crippen molar-refractivity contribution in [2.75, 3.05) is 52.3 Å². The summed E-state index contributed by atoms with van der Waals surface area (Å²) < 4.78 is 0. The number of unbranched alkanes of at least 4 members (excludes halogenated alkanes) is 4. The van der Waals surface area contributed by atoms with Crippen molar-refractivity contribution in [3.63, 3.8) is 0 Å². The highest BCUT2D eigenvalue weighted by Gasteiger charge is 2.44. The molecule has 0 heterocycles. The number of carbonyl (C=O) groups is 5. The molecular weight excluding hydrogens is 596 g/mol. The van der Waals surface area contributed by atoms with Crippen LogP contribution in [0.25, 0.3) is 0 Å². The number of amides is 5. The third-order valence-electron chi connectivity index (χ3n) is 7.51. The monoisotopic (exact) mass is 646 g/mol. The molecule has 0 aliphatic carbocycles. The van der Waals surface area contributed by atoms with E-state index in [1.54, 1.807) is 5.48 Å². The van der Waals surface area contributed by atoms with Gasteiger partial charge in [-0.15, -0.1) is 6.42 Å². The van der Waals surface area contributed by atoms with E-state index in [0.29, 0.717) is 57.2 Å². The number of aliphatic hydroxyl groups excluding tert-OH is 2. The molecule has 0 saturated heterocycles. The number of anilines is 1. The van der Waals surface area contributed by atoms with Gasteiger partial charge >= 0.3 is 0 Å². The molecule has 14 heteroatoms. The quantitative estimate of drug-likeness (QED) is 0.0266. The predicted molar refractivity (Wildman–Crippen MR) is 172 cm³/mol. The molecule has 5 amide bonds. The summed E-state index contributed by atoms with van der Waals surface area (Å²) in [6.07, 6.45) is 11.0. The number of hydrogen-bond donors (Lipinski definition) is 8. The summed E-state index contributed by atoms with van der Waals surface area (Å²) in [4.78, 5) is 62.7. The summed E-state index contributed by atoms with van der Waals surface area (Å²) >= 11 is 0. The molecule has 0 aliphatic rings. The van der Waals surface area contributed by atoms with Crippen molar-refractivity contribution < 1.29 is 39.4 Å². The number of aliphatic hydroxyl groups is 2. The van der Waals surface area contributed by atoms with E-state index >= 15 is 0 Å². The molecule has 0 spiro atoms. The first-order valence-electron chi connectivity index (χ1n) is 15.5. The number of likely N-dealkylation sites (N-methyl/N-ethyl adjacent to an activating group) is 1. The van der Waals surface area contributed by atoms with Crippen molar-refractivity contribution >= 4 is 35.2 Å². The van der Waals surface area contributed by atoms with E-state index in [-0.39, 0.29) is 31.3 Å². The molecule has 1 aromatic rings. The molecule has 0 aromatic heterocycles. The number of benzene rings is 1. The lowest BCUT2D eigenvalue weighted by atomic mass is 9.87. The third-order valence-corrected chi connectivity index (χ3v) is 7.51. The van der Waals surface area contributed by atoms with E-state index in [1.807, 2.05) is 43.3 Å². The van der Waals surface area contributed by atoms with Gasteiger partial charge in [-0.05, 0) is 70.3 Å². The van der Waals surface area contributed by atoms with Crippen molar-refractivity contribution in [1.29, 1.82) is 0 Å². The Bertz CT molecular complexity index is 1150. The van der Waals surface area contributed by atoms with Gasteiger partial charge in [0, 0.05) is 31.6 Å². The highest BCUT2D eigenvalue weighted by molar-refractivity contribution is 6.05. The van der Waals surface area contributed by atoms with Crippen molar-refractivity contribution in [2.24, 2.45) is 5.41 Å². The maximum Gasteiger partial charge on any atom is 0.243 e. The number of nitrogens with zero attached hydrogens (tertiary/aromatic N) is 1. The van der Waals surface area contributed by atoms with Crippen molar-refractivity contribution in [1.82, 2.24) is 26.3 Å². The minimum absolute atomic E-state index is 0.0860. The Labute approximate surface area is 271 Å². The van der Waals surface area contributed by atoms with Crippen molar-refractivity contribution in [2.45, 2.75) is 70.3 Å². The van der Waals surface area contributed by atoms with Crippen molar-refractivity contribution in [3.8, 4) is 12.3 Å². The lowest BCUT2D eigenvalue weighted by Gasteiger charge is -2.27. The van der Waals surface area contributed by atoms with Crippen LogP contribution in [0.15, 0.2) is 24.3 Å². The zero-order valence-corrected chi connectivity index (χ0v) is 26.9. The molecular formula is C32H50N6O8. The zero-order valence-electron chi connectivity index (χ0n) is 26.9. The zero-order chi connectivity index (χ0) is 34.4. The number of nitrogens with one attached hydrogen (secondary N) is 5. The summed E-state index contributed by atoms with van der Waals surface area (Å²) in [5.74, 6) is -0.0831. The topological polar surface area (TPSA) is 209 Å². The number of hydrogen-bond acceptors (Lipinski definition) is 9. The van der Waals surface area contributed by atoms with Crippen LogP contribution in [0.5, 0.6) is 0 Å². The Kier molecular flexibility index (Phi) is 19.5. The Balaban J connectivity index is 2.39. The molecule has 8 N–H and O–H groups in total. The lowest BCUT2D eigenvalue weighted by Crippen LogP contribution is -2.56. The van der Waals surface area contributed by atoms with Crippen LogP contribution in [0, 0.1) is 17.8 Å². The second-order valence-corrected chi connectivity index (χ2v) is 11.3. The lowest BCUT2D eigenvalue weighted by molar-refractivity contribution is -0.149. The summed E-state index contributed by atoms with van der Waals surface area (Å²) in [6.45, 7) is -1.29. The van der Waals surface area contributed by atoms with E-state index in [2.05, 4.69) is 27.2 Å². The van der Waals surface area contributed by atoms with Crippen LogP contribution in [-0.2, 0) is 30.4 Å². The first-order valence-corrected chi connectivity index (χ1v) is 15.5. The van der Waals surface area contributed by atoms with Crippen LogP contribution in [-0.4, -0.2) is 103 Å². The van der Waals surface area contributed by atoms with Gasteiger partial charge in [0.05, 0.1) is 25.8 Å². The molecule has 1 rings (SSSR count). The smallest absolute Gasteiger partial charge is 0.243 e. The Morgan fingerprint density at radius 2 is 1.43 bits per heavy atom. The normalized spacial score (nSPS) is 11.7. The number of rotatable bonds is 23. The molecule has 46 heavy (non-hydrogen) atoms. The fourth-order valence-electron chi connectivity index (χ4n) is 4.61. The second-order valence-electron chi connectivity index (χ2n) is 11.3. The Hall–Kier alpha value is -4.03. The van der Waals surface area contributed by atoms with Gasteiger partial charge < -0.3 is 31.5 Å². The standard InChI is InChI=1S/C32H50N6O8/c1-4-19-34-30(44)32(22-39,23-40)31(45)35-20-10-9-11-26(38(2)3)29(43)33-21-18-24-14-16-25(17-15-24)36-27(41)12-7-5-6-8-13-28(42)37-46/h1,14-17,26,39-40,46H,5-13,18-23H2,2-3H3,(H,33,43)(H,34,44)(H,35,45)(H,36,41)(H,37,42)/t26-/m0/s1. The van der Waals surface area contributed by atoms with Gasteiger partial charge in [0.2, 0.25) is 29.5 Å². The van der Waals surface area contributed by atoms with Gasteiger partial charge in [-0.3, -0.25) is 34.1 Å². The summed E-state index contributed by atoms with van der Waals surface area (Å²) in [5.41, 5.74) is 1.24. The van der Waals surface area contributed by atoms with Gasteiger partial charge in [-0.25, -0.2) is 5.48 Å². The average molecular weight is 647 g/mol. The molecule has 1 aromatic carbocycles. The van der Waals surface area contributed by atoms with Gasteiger partial charge in [-0.1, -0.05) is 30.9 Å². The molecule has 0 unspecified atom stereocenters. The van der Waals surface area contributed by atoms with Crippen molar-refractivity contribution in [3.05, 3.63) is 29.8 Å². The number of carbonyl (C=O) groups excluding carboxylic acids is 5. The Morgan fingerprint density at radius 3 is 2.00 bits per heavy atom. The van der Waals surface area contributed by atoms with Crippen LogP contribution < -0.4 is 26.7 Å². The molecule has 0 bridgehead atoms. The highest BCUT2D eigenvalue weighted by Crippen LogP contribution is 2.17. The number of hydroxylamine groups is 1. The number of terminal acetylenes is 1.